The van der Waals surface area contributed by atoms with Gasteiger partial charge in [-0.05, 0) is 43.4 Å². The average molecular weight is 465 g/mol. The number of rotatable bonds is 17. The Morgan fingerprint density at radius 2 is 1.00 bits per heavy atom. The predicted octanol–water partition coefficient (Wildman–Crippen LogP) is 8.43. The molecule has 33 heavy (non-hydrogen) atoms. The van der Waals surface area contributed by atoms with Gasteiger partial charge in [0.15, 0.2) is 11.5 Å². The number of phenols is 2. The molecular formula is C29H52O4. The van der Waals surface area contributed by atoms with Crippen LogP contribution in [0.25, 0.3) is 0 Å². The largest absolute Gasteiger partial charge is 0.504 e. The lowest BCUT2D eigenvalue weighted by atomic mass is 9.89. The van der Waals surface area contributed by atoms with Crippen molar-refractivity contribution in [1.82, 2.24) is 0 Å². The Labute approximate surface area is 204 Å². The smallest absolute Gasteiger partial charge is 0.207 e. The Hall–Kier alpha value is -1.58. The molecule has 0 spiro atoms. The van der Waals surface area contributed by atoms with Gasteiger partial charge in [-0.3, -0.25) is 0 Å². The van der Waals surface area contributed by atoms with E-state index in [1.807, 2.05) is 6.92 Å². The molecule has 0 aliphatic rings. The highest BCUT2D eigenvalue weighted by Gasteiger charge is 2.23. The van der Waals surface area contributed by atoms with E-state index >= 15 is 0 Å². The summed E-state index contributed by atoms with van der Waals surface area (Å²) in [5.41, 5.74) is 1.43. The molecule has 0 bridgehead atoms. The van der Waals surface area contributed by atoms with Gasteiger partial charge in [-0.25, -0.2) is 0 Å². The van der Waals surface area contributed by atoms with Crippen LogP contribution in [0.5, 0.6) is 23.0 Å². The van der Waals surface area contributed by atoms with Gasteiger partial charge in [0.2, 0.25) is 11.5 Å². The highest BCUT2D eigenvalue weighted by atomic mass is 16.5. The number of phenolic OH excluding ortho intramolecular Hbond substituents is 2. The van der Waals surface area contributed by atoms with Crippen molar-refractivity contribution in [2.24, 2.45) is 23.7 Å². The third kappa shape index (κ3) is 10.1. The second kappa shape index (κ2) is 15.3. The first-order valence-electron chi connectivity index (χ1n) is 13.3. The summed E-state index contributed by atoms with van der Waals surface area (Å²) in [6, 6.07) is 0. The zero-order valence-electron chi connectivity index (χ0n) is 22.8. The van der Waals surface area contributed by atoms with E-state index in [9.17, 15) is 10.2 Å². The zero-order valence-corrected chi connectivity index (χ0v) is 22.8. The number of ether oxygens (including phenoxy) is 2. The van der Waals surface area contributed by atoms with Crippen LogP contribution in [-0.4, -0.2) is 24.4 Å². The first-order valence-corrected chi connectivity index (χ1v) is 13.3. The lowest BCUT2D eigenvalue weighted by molar-refractivity contribution is 0.313. The van der Waals surface area contributed by atoms with Crippen molar-refractivity contribution >= 4 is 0 Å². The highest BCUT2D eigenvalue weighted by molar-refractivity contribution is 5.65. The normalized spacial score (nSPS) is 14.3. The monoisotopic (exact) mass is 464 g/mol. The van der Waals surface area contributed by atoms with Crippen LogP contribution < -0.4 is 9.47 Å². The van der Waals surface area contributed by atoms with Crippen molar-refractivity contribution in [3.63, 3.8) is 0 Å². The van der Waals surface area contributed by atoms with E-state index in [1.165, 1.54) is 72.0 Å². The fourth-order valence-corrected chi connectivity index (χ4v) is 4.86. The Morgan fingerprint density at radius 3 is 1.42 bits per heavy atom. The number of aromatic hydroxyl groups is 2. The minimum atomic E-state index is 0.0536. The van der Waals surface area contributed by atoms with Crippen LogP contribution >= 0.6 is 0 Å². The van der Waals surface area contributed by atoms with Gasteiger partial charge in [-0.2, -0.15) is 0 Å². The maximum absolute atomic E-state index is 10.6. The van der Waals surface area contributed by atoms with Gasteiger partial charge in [-0.15, -0.1) is 0 Å². The lowest BCUT2D eigenvalue weighted by Crippen LogP contribution is -2.03. The molecule has 0 fully saturated rings. The number of hydrogen-bond acceptors (Lipinski definition) is 4. The molecule has 0 saturated heterocycles. The van der Waals surface area contributed by atoms with Crippen LogP contribution in [0.1, 0.15) is 110 Å². The minimum Gasteiger partial charge on any atom is -0.504 e. The van der Waals surface area contributed by atoms with Crippen molar-refractivity contribution in [1.29, 1.82) is 0 Å². The van der Waals surface area contributed by atoms with E-state index in [1.54, 1.807) is 0 Å². The lowest BCUT2D eigenvalue weighted by Gasteiger charge is -2.19. The molecule has 0 unspecified atom stereocenters. The maximum atomic E-state index is 10.6. The molecular weight excluding hydrogens is 412 g/mol. The molecule has 2 N–H and O–H groups in total. The summed E-state index contributed by atoms with van der Waals surface area (Å²) in [5.74, 6) is 3.63. The van der Waals surface area contributed by atoms with Crippen LogP contribution in [-0.2, 0) is 6.42 Å². The topological polar surface area (TPSA) is 58.9 Å². The molecule has 0 radical (unpaired) electrons. The molecule has 0 aromatic heterocycles. The summed E-state index contributed by atoms with van der Waals surface area (Å²) in [6.07, 6.45) is 13.7. The van der Waals surface area contributed by atoms with Crippen molar-refractivity contribution in [2.45, 2.75) is 112 Å². The van der Waals surface area contributed by atoms with Crippen LogP contribution in [0.15, 0.2) is 0 Å². The van der Waals surface area contributed by atoms with Gasteiger partial charge in [0.25, 0.3) is 0 Å². The van der Waals surface area contributed by atoms with Gasteiger partial charge in [0.05, 0.1) is 14.2 Å². The first kappa shape index (κ1) is 29.5. The zero-order chi connectivity index (χ0) is 25.0. The Morgan fingerprint density at radius 1 is 0.606 bits per heavy atom. The van der Waals surface area contributed by atoms with Gasteiger partial charge in [0, 0.05) is 11.1 Å². The molecule has 192 valence electrons. The molecule has 0 saturated carbocycles. The highest BCUT2D eigenvalue weighted by Crippen LogP contribution is 2.48. The average Bonchev–Trinajstić information content (AvgIpc) is 2.75. The molecule has 1 rings (SSSR count). The fourth-order valence-electron chi connectivity index (χ4n) is 4.86. The molecule has 3 atom stereocenters. The molecule has 1 aromatic rings. The predicted molar refractivity (Wildman–Crippen MR) is 140 cm³/mol. The second-order valence-corrected chi connectivity index (χ2v) is 10.9. The Bertz CT molecular complexity index is 683. The molecule has 4 heteroatoms. The summed E-state index contributed by atoms with van der Waals surface area (Å²) in [4.78, 5) is 0. The van der Waals surface area contributed by atoms with Crippen molar-refractivity contribution in [3.05, 3.63) is 11.1 Å². The second-order valence-electron chi connectivity index (χ2n) is 10.9. The first-order chi connectivity index (χ1) is 15.6. The van der Waals surface area contributed by atoms with Gasteiger partial charge in [-0.1, -0.05) is 92.4 Å². The third-order valence-corrected chi connectivity index (χ3v) is 7.29. The van der Waals surface area contributed by atoms with E-state index in [0.717, 1.165) is 36.2 Å². The molecule has 0 aliphatic heterocycles. The summed E-state index contributed by atoms with van der Waals surface area (Å²) in [6.45, 7) is 13.6. The SMILES string of the molecule is COc1c(O)c(C)c(CC[C@@H](C)CCC[C@H](C)CCC[C@H](C)CCCC(C)C)c(O)c1OC. The third-order valence-electron chi connectivity index (χ3n) is 7.29. The standard InChI is InChI=1S/C29H52O4/c1-20(2)12-9-13-21(3)14-10-15-22(4)16-11-17-23(5)18-19-25-24(6)26(30)28(32-7)29(33-8)27(25)31/h20-23,30-31H,9-19H2,1-8H3/t21-,22-,23+/m1/s1. The van der Waals surface area contributed by atoms with E-state index in [-0.39, 0.29) is 23.0 Å². The molecule has 0 heterocycles. The van der Waals surface area contributed by atoms with Crippen molar-refractivity contribution < 1.29 is 19.7 Å². The Kier molecular flexibility index (Phi) is 13.7. The van der Waals surface area contributed by atoms with E-state index in [2.05, 4.69) is 34.6 Å². The van der Waals surface area contributed by atoms with Gasteiger partial charge >= 0.3 is 0 Å². The van der Waals surface area contributed by atoms with Crippen LogP contribution in [0.3, 0.4) is 0 Å². The van der Waals surface area contributed by atoms with Crippen LogP contribution in [0, 0.1) is 30.6 Å². The van der Waals surface area contributed by atoms with Gasteiger partial charge in [0.1, 0.15) is 0 Å². The van der Waals surface area contributed by atoms with Crippen molar-refractivity contribution in [3.8, 4) is 23.0 Å². The Balaban J connectivity index is 2.35. The summed E-state index contributed by atoms with van der Waals surface area (Å²) >= 11 is 0. The number of hydrogen-bond donors (Lipinski definition) is 2. The summed E-state index contributed by atoms with van der Waals surface area (Å²) in [5, 5.41) is 21.1. The molecule has 0 amide bonds. The maximum Gasteiger partial charge on any atom is 0.207 e. The van der Waals surface area contributed by atoms with Crippen LogP contribution in [0.4, 0.5) is 0 Å². The summed E-state index contributed by atoms with van der Waals surface area (Å²) in [7, 11) is 2.95. The number of benzene rings is 1. The van der Waals surface area contributed by atoms with Crippen molar-refractivity contribution in [2.75, 3.05) is 14.2 Å². The summed E-state index contributed by atoms with van der Waals surface area (Å²) < 4.78 is 10.5. The van der Waals surface area contributed by atoms with E-state index in [4.69, 9.17) is 9.47 Å². The quantitative estimate of drug-likeness (QED) is 0.227. The van der Waals surface area contributed by atoms with E-state index < -0.39 is 0 Å². The molecule has 4 nitrogen and oxygen atoms in total. The minimum absolute atomic E-state index is 0.0536. The number of methoxy groups -OCH3 is 2. The van der Waals surface area contributed by atoms with Gasteiger partial charge < -0.3 is 19.7 Å². The fraction of sp³-hybridized carbons (Fsp3) is 0.793. The van der Waals surface area contributed by atoms with Crippen LogP contribution in [0.2, 0.25) is 0 Å². The molecule has 1 aromatic carbocycles. The van der Waals surface area contributed by atoms with E-state index in [0.29, 0.717) is 11.5 Å². The molecule has 0 aliphatic carbocycles.